The van der Waals surface area contributed by atoms with Gasteiger partial charge in [0.1, 0.15) is 0 Å². The molecule has 5 heteroatoms. The molecule has 0 radical (unpaired) electrons. The number of halogens is 1. The van der Waals surface area contributed by atoms with E-state index in [9.17, 15) is 4.79 Å². The van der Waals surface area contributed by atoms with Crippen molar-refractivity contribution in [3.63, 3.8) is 0 Å². The third-order valence-electron chi connectivity index (χ3n) is 3.04. The number of carbonyl (C=O) groups is 1. The fourth-order valence-corrected chi connectivity index (χ4v) is 2.20. The quantitative estimate of drug-likeness (QED) is 0.878. The van der Waals surface area contributed by atoms with Crippen LogP contribution < -0.4 is 10.6 Å². The van der Waals surface area contributed by atoms with Crippen LogP contribution in [0.25, 0.3) is 0 Å². The van der Waals surface area contributed by atoms with E-state index in [0.717, 1.165) is 25.2 Å². The third kappa shape index (κ3) is 2.94. The van der Waals surface area contributed by atoms with Gasteiger partial charge in [0.15, 0.2) is 0 Å². The van der Waals surface area contributed by atoms with Gasteiger partial charge in [0.05, 0.1) is 10.7 Å². The first-order valence-corrected chi connectivity index (χ1v) is 6.44. The fraction of sp³-hybridized carbons (Fsp3) is 0.462. The molecule has 2 N–H and O–H groups in total. The number of benzene rings is 1. The molecule has 1 saturated heterocycles. The van der Waals surface area contributed by atoms with E-state index in [-0.39, 0.29) is 5.91 Å². The Hall–Kier alpha value is -1.26. The maximum atomic E-state index is 11.9. The molecule has 18 heavy (non-hydrogen) atoms. The summed E-state index contributed by atoms with van der Waals surface area (Å²) in [5.41, 5.74) is 1.48. The highest BCUT2D eigenvalue weighted by Crippen LogP contribution is 2.25. The van der Waals surface area contributed by atoms with Crippen molar-refractivity contribution in [1.82, 2.24) is 10.2 Å². The molecule has 2 rings (SSSR count). The average molecular weight is 268 g/mol. The van der Waals surface area contributed by atoms with Crippen molar-refractivity contribution < 1.29 is 4.79 Å². The molecule has 1 heterocycles. The summed E-state index contributed by atoms with van der Waals surface area (Å²) in [5, 5.41) is 7.32. The van der Waals surface area contributed by atoms with Crippen LogP contribution in [0.5, 0.6) is 0 Å². The van der Waals surface area contributed by atoms with Crippen LogP contribution in [0.3, 0.4) is 0 Å². The highest BCUT2D eigenvalue weighted by molar-refractivity contribution is 6.33. The minimum Gasteiger partial charge on any atom is -0.380 e. The number of hydrogen-bond donors (Lipinski definition) is 2. The first kappa shape index (κ1) is 13.2. The second-order valence-electron chi connectivity index (χ2n) is 4.73. The van der Waals surface area contributed by atoms with E-state index in [1.54, 1.807) is 31.1 Å². The van der Waals surface area contributed by atoms with Crippen molar-refractivity contribution in [2.24, 2.45) is 0 Å². The molecule has 0 aliphatic carbocycles. The summed E-state index contributed by atoms with van der Waals surface area (Å²) in [6.45, 7) is 1.95. The Bertz CT molecular complexity index is 442. The van der Waals surface area contributed by atoms with Gasteiger partial charge in [-0.3, -0.25) is 4.79 Å². The van der Waals surface area contributed by atoms with Gasteiger partial charge in [-0.15, -0.1) is 0 Å². The fourth-order valence-electron chi connectivity index (χ4n) is 2.02. The summed E-state index contributed by atoms with van der Waals surface area (Å²) in [6, 6.07) is 5.72. The van der Waals surface area contributed by atoms with Crippen LogP contribution in [0.4, 0.5) is 5.69 Å². The third-order valence-corrected chi connectivity index (χ3v) is 3.37. The molecular formula is C13H18ClN3O. The van der Waals surface area contributed by atoms with Gasteiger partial charge in [-0.25, -0.2) is 0 Å². The molecule has 0 saturated carbocycles. The Labute approximate surface area is 112 Å². The molecule has 1 amide bonds. The molecule has 1 aromatic rings. The zero-order valence-corrected chi connectivity index (χ0v) is 11.4. The lowest BCUT2D eigenvalue weighted by molar-refractivity contribution is 0.0827. The Morgan fingerprint density at radius 3 is 2.89 bits per heavy atom. The number of nitrogens with one attached hydrogen (secondary N) is 2. The van der Waals surface area contributed by atoms with Gasteiger partial charge in [-0.05, 0) is 31.2 Å². The molecule has 1 aromatic carbocycles. The molecule has 1 unspecified atom stereocenters. The predicted molar refractivity (Wildman–Crippen MR) is 74.4 cm³/mol. The molecular weight excluding hydrogens is 250 g/mol. The normalized spacial score (nSPS) is 18.7. The molecule has 1 atom stereocenters. The number of rotatable bonds is 3. The highest BCUT2D eigenvalue weighted by atomic mass is 35.5. The number of nitrogens with zero attached hydrogens (tertiary/aromatic N) is 1. The van der Waals surface area contributed by atoms with Gasteiger partial charge in [0.2, 0.25) is 0 Å². The molecule has 4 nitrogen and oxygen atoms in total. The summed E-state index contributed by atoms with van der Waals surface area (Å²) in [6.07, 6.45) is 1.07. The minimum absolute atomic E-state index is 0.0146. The Morgan fingerprint density at radius 1 is 1.50 bits per heavy atom. The molecule has 1 fully saturated rings. The second kappa shape index (κ2) is 5.59. The molecule has 1 aliphatic rings. The molecule has 98 valence electrons. The monoisotopic (exact) mass is 267 g/mol. The van der Waals surface area contributed by atoms with E-state index in [1.807, 2.05) is 6.07 Å². The Morgan fingerprint density at radius 2 is 2.28 bits per heavy atom. The topological polar surface area (TPSA) is 44.4 Å². The van der Waals surface area contributed by atoms with Gasteiger partial charge in [0.25, 0.3) is 5.91 Å². The van der Waals surface area contributed by atoms with Crippen molar-refractivity contribution in [3.05, 3.63) is 28.8 Å². The minimum atomic E-state index is -0.0146. The second-order valence-corrected chi connectivity index (χ2v) is 5.14. The van der Waals surface area contributed by atoms with Gasteiger partial charge < -0.3 is 15.5 Å². The number of carbonyl (C=O) groups excluding carboxylic acids is 1. The first-order valence-electron chi connectivity index (χ1n) is 6.06. The van der Waals surface area contributed by atoms with E-state index in [1.165, 1.54) is 0 Å². The number of anilines is 1. The summed E-state index contributed by atoms with van der Waals surface area (Å²) in [4.78, 5) is 13.4. The van der Waals surface area contributed by atoms with Crippen molar-refractivity contribution in [3.8, 4) is 0 Å². The van der Waals surface area contributed by atoms with Crippen LogP contribution in [0.2, 0.25) is 5.02 Å². The van der Waals surface area contributed by atoms with Gasteiger partial charge in [0, 0.05) is 32.2 Å². The van der Waals surface area contributed by atoms with Crippen LogP contribution in [0, 0.1) is 0 Å². The Kier molecular flexibility index (Phi) is 4.09. The van der Waals surface area contributed by atoms with E-state index < -0.39 is 0 Å². The largest absolute Gasteiger partial charge is 0.380 e. The smallest absolute Gasteiger partial charge is 0.253 e. The molecule has 1 aliphatic heterocycles. The van der Waals surface area contributed by atoms with Crippen LogP contribution in [0.1, 0.15) is 16.8 Å². The highest BCUT2D eigenvalue weighted by Gasteiger charge is 2.16. The molecule has 0 spiro atoms. The van der Waals surface area contributed by atoms with E-state index in [4.69, 9.17) is 11.6 Å². The molecule has 0 bridgehead atoms. The van der Waals surface area contributed by atoms with Crippen LogP contribution >= 0.6 is 11.6 Å². The summed E-state index contributed by atoms with van der Waals surface area (Å²) in [7, 11) is 3.48. The number of amides is 1. The zero-order chi connectivity index (χ0) is 13.1. The lowest BCUT2D eigenvalue weighted by Crippen LogP contribution is -2.24. The lowest BCUT2D eigenvalue weighted by Gasteiger charge is -2.16. The SMILES string of the molecule is CN(C)C(=O)c1ccc(Cl)c(NC2CCNC2)c1. The van der Waals surface area contributed by atoms with Gasteiger partial charge >= 0.3 is 0 Å². The van der Waals surface area contributed by atoms with Gasteiger partial charge in [-0.1, -0.05) is 11.6 Å². The predicted octanol–water partition coefficient (Wildman–Crippen LogP) is 1.82. The van der Waals surface area contributed by atoms with Crippen LogP contribution in [0.15, 0.2) is 18.2 Å². The first-order chi connectivity index (χ1) is 8.58. The maximum Gasteiger partial charge on any atom is 0.253 e. The van der Waals surface area contributed by atoms with Crippen molar-refractivity contribution in [2.45, 2.75) is 12.5 Å². The van der Waals surface area contributed by atoms with Crippen LogP contribution in [-0.4, -0.2) is 44.0 Å². The Balaban J connectivity index is 2.18. The summed E-state index contributed by atoms with van der Waals surface area (Å²) >= 11 is 6.15. The van der Waals surface area contributed by atoms with Crippen molar-refractivity contribution >= 4 is 23.2 Å². The van der Waals surface area contributed by atoms with E-state index in [2.05, 4.69) is 10.6 Å². The molecule has 0 aromatic heterocycles. The van der Waals surface area contributed by atoms with E-state index >= 15 is 0 Å². The van der Waals surface area contributed by atoms with Crippen LogP contribution in [-0.2, 0) is 0 Å². The van der Waals surface area contributed by atoms with Crippen molar-refractivity contribution in [2.75, 3.05) is 32.5 Å². The summed E-state index contributed by atoms with van der Waals surface area (Å²) < 4.78 is 0. The van der Waals surface area contributed by atoms with Gasteiger partial charge in [-0.2, -0.15) is 0 Å². The van der Waals surface area contributed by atoms with E-state index in [0.29, 0.717) is 16.6 Å². The maximum absolute atomic E-state index is 11.9. The number of hydrogen-bond acceptors (Lipinski definition) is 3. The van der Waals surface area contributed by atoms with Crippen molar-refractivity contribution in [1.29, 1.82) is 0 Å². The zero-order valence-electron chi connectivity index (χ0n) is 10.7. The summed E-state index contributed by atoms with van der Waals surface area (Å²) in [5.74, 6) is -0.0146. The average Bonchev–Trinajstić information content (AvgIpc) is 2.84. The standard InChI is InChI=1S/C13H18ClN3O/c1-17(2)13(18)9-3-4-11(14)12(7-9)16-10-5-6-15-8-10/h3-4,7,10,15-16H,5-6,8H2,1-2H3. The lowest BCUT2D eigenvalue weighted by atomic mass is 10.1.